The third-order valence-corrected chi connectivity index (χ3v) is 4.53. The van der Waals surface area contributed by atoms with Gasteiger partial charge in [-0.3, -0.25) is 14.9 Å². The molecule has 1 amide bonds. The number of nitro groups is 1. The lowest BCUT2D eigenvalue weighted by Gasteiger charge is -2.30. The van der Waals surface area contributed by atoms with Crippen LogP contribution in [0.4, 0.5) is 11.4 Å². The van der Waals surface area contributed by atoms with Crippen molar-refractivity contribution in [1.29, 1.82) is 5.26 Å². The lowest BCUT2D eigenvalue weighted by Crippen LogP contribution is -2.36. The fourth-order valence-corrected chi connectivity index (χ4v) is 3.04. The number of rotatable bonds is 6. The number of morpholine rings is 1. The molecule has 3 rings (SSSR count). The third kappa shape index (κ3) is 5.18. The van der Waals surface area contributed by atoms with Crippen LogP contribution < -0.4 is 10.2 Å². The van der Waals surface area contributed by atoms with E-state index >= 15 is 0 Å². The van der Waals surface area contributed by atoms with E-state index in [2.05, 4.69) is 5.32 Å². The largest absolute Gasteiger partial charge is 0.378 e. The first-order valence-electron chi connectivity index (χ1n) is 9.13. The number of ether oxygens (including phenoxy) is 1. The van der Waals surface area contributed by atoms with Gasteiger partial charge in [-0.2, -0.15) is 5.26 Å². The van der Waals surface area contributed by atoms with Crippen molar-refractivity contribution >= 4 is 23.4 Å². The predicted molar refractivity (Wildman–Crippen MR) is 108 cm³/mol. The predicted octanol–water partition coefficient (Wildman–Crippen LogP) is 2.65. The second-order valence-corrected chi connectivity index (χ2v) is 6.44. The second-order valence-electron chi connectivity index (χ2n) is 6.44. The molecule has 1 aliphatic rings. The molecule has 1 heterocycles. The summed E-state index contributed by atoms with van der Waals surface area (Å²) in [6.07, 6.45) is 1.40. The van der Waals surface area contributed by atoms with Gasteiger partial charge >= 0.3 is 0 Å². The van der Waals surface area contributed by atoms with Crippen LogP contribution in [0.15, 0.2) is 54.1 Å². The smallest absolute Gasteiger partial charge is 0.270 e. The van der Waals surface area contributed by atoms with Crippen molar-refractivity contribution in [2.45, 2.75) is 6.54 Å². The van der Waals surface area contributed by atoms with Crippen LogP contribution in [-0.4, -0.2) is 37.1 Å². The van der Waals surface area contributed by atoms with Gasteiger partial charge in [0.05, 0.1) is 18.1 Å². The highest BCUT2D eigenvalue weighted by Gasteiger charge is 2.19. The van der Waals surface area contributed by atoms with Gasteiger partial charge in [0.1, 0.15) is 11.6 Å². The van der Waals surface area contributed by atoms with E-state index in [1.807, 2.05) is 41.3 Å². The van der Waals surface area contributed by atoms with Gasteiger partial charge in [-0.05, 0) is 17.7 Å². The maximum atomic E-state index is 12.5. The van der Waals surface area contributed by atoms with Crippen LogP contribution >= 0.6 is 0 Å². The van der Waals surface area contributed by atoms with Crippen LogP contribution in [0.5, 0.6) is 0 Å². The van der Waals surface area contributed by atoms with E-state index in [4.69, 9.17) is 4.74 Å². The van der Waals surface area contributed by atoms with E-state index in [1.54, 1.807) is 6.07 Å². The molecule has 2 aromatic rings. The summed E-state index contributed by atoms with van der Waals surface area (Å²) >= 11 is 0. The maximum absolute atomic E-state index is 12.5. The van der Waals surface area contributed by atoms with Gasteiger partial charge in [0.2, 0.25) is 0 Å². The average molecular weight is 392 g/mol. The molecule has 0 unspecified atom stereocenters. The van der Waals surface area contributed by atoms with Gasteiger partial charge in [0, 0.05) is 43.0 Å². The summed E-state index contributed by atoms with van der Waals surface area (Å²) in [5, 5.41) is 23.4. The van der Waals surface area contributed by atoms with Crippen molar-refractivity contribution in [2.24, 2.45) is 0 Å². The van der Waals surface area contributed by atoms with E-state index < -0.39 is 10.8 Å². The van der Waals surface area contributed by atoms with E-state index in [1.165, 1.54) is 18.2 Å². The summed E-state index contributed by atoms with van der Waals surface area (Å²) in [4.78, 5) is 25.2. The number of non-ortho nitro benzene ring substituents is 1. The molecule has 0 saturated carbocycles. The van der Waals surface area contributed by atoms with Crippen LogP contribution in [0.2, 0.25) is 0 Å². The lowest BCUT2D eigenvalue weighted by atomic mass is 10.1. The maximum Gasteiger partial charge on any atom is 0.270 e. The van der Waals surface area contributed by atoms with E-state index in [9.17, 15) is 20.2 Å². The van der Waals surface area contributed by atoms with Gasteiger partial charge in [0.25, 0.3) is 11.6 Å². The first-order chi connectivity index (χ1) is 14.1. The van der Waals surface area contributed by atoms with Crippen molar-refractivity contribution < 1.29 is 14.5 Å². The van der Waals surface area contributed by atoms with Crippen molar-refractivity contribution in [2.75, 3.05) is 31.2 Å². The number of anilines is 1. The SMILES string of the molecule is N#C/C(=C\c1cc([N+](=O)[O-])ccc1N1CCOCC1)C(=O)NCc1ccccc1. The Morgan fingerprint density at radius 1 is 1.24 bits per heavy atom. The molecular formula is C21H20N4O4. The highest BCUT2D eigenvalue weighted by atomic mass is 16.6. The Morgan fingerprint density at radius 3 is 2.62 bits per heavy atom. The molecule has 0 bridgehead atoms. The quantitative estimate of drug-likeness (QED) is 0.350. The zero-order chi connectivity index (χ0) is 20.6. The van der Waals surface area contributed by atoms with E-state index in [0.717, 1.165) is 11.3 Å². The molecule has 1 N–H and O–H groups in total. The summed E-state index contributed by atoms with van der Waals surface area (Å²) in [6, 6.07) is 15.7. The average Bonchev–Trinajstić information content (AvgIpc) is 2.77. The summed E-state index contributed by atoms with van der Waals surface area (Å²) in [7, 11) is 0. The molecular weight excluding hydrogens is 372 g/mol. The van der Waals surface area contributed by atoms with Crippen LogP contribution in [0.3, 0.4) is 0 Å². The van der Waals surface area contributed by atoms with Crippen molar-refractivity contribution in [1.82, 2.24) is 5.32 Å². The molecule has 29 heavy (non-hydrogen) atoms. The zero-order valence-corrected chi connectivity index (χ0v) is 15.7. The molecule has 0 atom stereocenters. The van der Waals surface area contributed by atoms with Crippen molar-refractivity contribution in [3.8, 4) is 6.07 Å². The molecule has 8 heteroatoms. The third-order valence-electron chi connectivity index (χ3n) is 4.53. The summed E-state index contributed by atoms with van der Waals surface area (Å²) in [5.41, 5.74) is 1.86. The number of nitrogens with one attached hydrogen (secondary N) is 1. The Kier molecular flexibility index (Phi) is 6.55. The number of nitriles is 1. The fourth-order valence-electron chi connectivity index (χ4n) is 3.04. The van der Waals surface area contributed by atoms with Gasteiger partial charge in [-0.25, -0.2) is 0 Å². The molecule has 0 aliphatic carbocycles. The standard InChI is InChI=1S/C21H20N4O4/c22-14-18(21(26)23-15-16-4-2-1-3-5-16)12-17-13-19(25(27)28)6-7-20(17)24-8-10-29-11-9-24/h1-7,12-13H,8-11,15H2,(H,23,26)/b18-12+. The van der Waals surface area contributed by atoms with Gasteiger partial charge < -0.3 is 15.0 Å². The molecule has 0 radical (unpaired) electrons. The molecule has 1 aliphatic heterocycles. The molecule has 1 saturated heterocycles. The number of amides is 1. The van der Waals surface area contributed by atoms with Crippen LogP contribution in [-0.2, 0) is 16.1 Å². The second kappa shape index (κ2) is 9.48. The number of hydrogen-bond donors (Lipinski definition) is 1. The first kappa shape index (κ1) is 20.0. The highest BCUT2D eigenvalue weighted by Crippen LogP contribution is 2.28. The summed E-state index contributed by atoms with van der Waals surface area (Å²) in [5.74, 6) is -0.532. The molecule has 0 spiro atoms. The molecule has 8 nitrogen and oxygen atoms in total. The van der Waals surface area contributed by atoms with Crippen LogP contribution in [0.1, 0.15) is 11.1 Å². The Morgan fingerprint density at radius 2 is 1.97 bits per heavy atom. The van der Waals surface area contributed by atoms with Gasteiger partial charge in [-0.15, -0.1) is 0 Å². The first-order valence-corrected chi connectivity index (χ1v) is 9.13. The van der Waals surface area contributed by atoms with Crippen molar-refractivity contribution in [3.05, 3.63) is 75.3 Å². The minimum atomic E-state index is -0.532. The fraction of sp³-hybridized carbons (Fsp3) is 0.238. The van der Waals surface area contributed by atoms with Gasteiger partial charge in [-0.1, -0.05) is 30.3 Å². The van der Waals surface area contributed by atoms with E-state index in [-0.39, 0.29) is 17.8 Å². The summed E-state index contributed by atoms with van der Waals surface area (Å²) < 4.78 is 5.36. The number of benzene rings is 2. The molecule has 148 valence electrons. The Labute approximate surface area is 168 Å². The minimum absolute atomic E-state index is 0.102. The van der Waals surface area contributed by atoms with Crippen molar-refractivity contribution in [3.63, 3.8) is 0 Å². The summed E-state index contributed by atoms with van der Waals surface area (Å²) in [6.45, 7) is 2.62. The number of nitrogens with zero attached hydrogens (tertiary/aromatic N) is 3. The normalized spacial score (nSPS) is 14.2. The highest BCUT2D eigenvalue weighted by molar-refractivity contribution is 6.02. The molecule has 1 fully saturated rings. The molecule has 2 aromatic carbocycles. The number of nitro benzene ring substituents is 1. The number of hydrogen-bond acceptors (Lipinski definition) is 6. The molecule has 0 aromatic heterocycles. The topological polar surface area (TPSA) is 108 Å². The minimum Gasteiger partial charge on any atom is -0.378 e. The number of carbonyl (C=O) groups excluding carboxylic acids is 1. The zero-order valence-electron chi connectivity index (χ0n) is 15.7. The van der Waals surface area contributed by atoms with Crippen LogP contribution in [0, 0.1) is 21.4 Å². The lowest BCUT2D eigenvalue weighted by molar-refractivity contribution is -0.384. The van der Waals surface area contributed by atoms with Crippen LogP contribution in [0.25, 0.3) is 6.08 Å². The Bertz CT molecular complexity index is 960. The Balaban J connectivity index is 1.87. The van der Waals surface area contributed by atoms with Gasteiger partial charge in [0.15, 0.2) is 0 Å². The number of carbonyl (C=O) groups is 1. The van der Waals surface area contributed by atoms with E-state index in [0.29, 0.717) is 31.9 Å². The monoisotopic (exact) mass is 392 g/mol. The Hall–Kier alpha value is -3.70.